The van der Waals surface area contributed by atoms with Gasteiger partial charge in [-0.15, -0.1) is 0 Å². The average molecular weight is 448 g/mol. The number of benzene rings is 1. The molecule has 0 saturated carbocycles. The highest BCUT2D eigenvalue weighted by molar-refractivity contribution is 5.93. The van der Waals surface area contributed by atoms with Gasteiger partial charge in [-0.1, -0.05) is 30.3 Å². The molecule has 11 nitrogen and oxygen atoms in total. The van der Waals surface area contributed by atoms with Crippen molar-refractivity contribution in [3.8, 4) is 0 Å². The Kier molecular flexibility index (Phi) is 9.14. The van der Waals surface area contributed by atoms with E-state index in [1.54, 1.807) is 30.3 Å². The van der Waals surface area contributed by atoms with Gasteiger partial charge >= 0.3 is 11.9 Å². The van der Waals surface area contributed by atoms with Crippen LogP contribution in [0.2, 0.25) is 0 Å². The lowest BCUT2D eigenvalue weighted by Gasteiger charge is -2.26. The molecule has 1 aliphatic rings. The first kappa shape index (κ1) is 24.8. The van der Waals surface area contributed by atoms with Crippen LogP contribution in [0.15, 0.2) is 30.3 Å². The SMILES string of the molecule is N[C@@H](CCC(=O)O)C(=O)N1CCC[C@H]1C(=O)NCC(=O)N[C@@H](Cc1ccccc1)C(=O)O. The quantitative estimate of drug-likeness (QED) is 0.289. The van der Waals surface area contributed by atoms with Crippen molar-refractivity contribution < 1.29 is 34.2 Å². The number of nitrogens with one attached hydrogen (secondary N) is 2. The van der Waals surface area contributed by atoms with E-state index >= 15 is 0 Å². The summed E-state index contributed by atoms with van der Waals surface area (Å²) in [5, 5.41) is 22.9. The van der Waals surface area contributed by atoms with Crippen molar-refractivity contribution in [1.29, 1.82) is 0 Å². The minimum Gasteiger partial charge on any atom is -0.481 e. The average Bonchev–Trinajstić information content (AvgIpc) is 3.25. The van der Waals surface area contributed by atoms with Crippen molar-refractivity contribution in [3.05, 3.63) is 35.9 Å². The number of rotatable bonds is 11. The lowest BCUT2D eigenvalue weighted by molar-refractivity contribution is -0.142. The normalized spacial score (nSPS) is 17.3. The number of carbonyl (C=O) groups is 5. The molecule has 0 aromatic heterocycles. The molecular weight excluding hydrogens is 420 g/mol. The number of carboxylic acids is 2. The number of nitrogens with zero attached hydrogens (tertiary/aromatic N) is 1. The lowest BCUT2D eigenvalue weighted by Crippen LogP contribution is -2.53. The second-order valence-electron chi connectivity index (χ2n) is 7.59. The first-order valence-corrected chi connectivity index (χ1v) is 10.3. The van der Waals surface area contributed by atoms with E-state index < -0.39 is 54.3 Å². The molecule has 32 heavy (non-hydrogen) atoms. The maximum absolute atomic E-state index is 12.5. The second kappa shape index (κ2) is 11.8. The van der Waals surface area contributed by atoms with Gasteiger partial charge in [-0.2, -0.15) is 0 Å². The number of nitrogens with two attached hydrogens (primary N) is 1. The summed E-state index contributed by atoms with van der Waals surface area (Å²) < 4.78 is 0. The van der Waals surface area contributed by atoms with Crippen molar-refractivity contribution in [2.45, 2.75) is 50.2 Å². The van der Waals surface area contributed by atoms with Crippen molar-refractivity contribution in [2.24, 2.45) is 5.73 Å². The van der Waals surface area contributed by atoms with E-state index in [2.05, 4.69) is 10.6 Å². The number of carboxylic acid groups (broad SMARTS) is 2. The van der Waals surface area contributed by atoms with Crippen LogP contribution in [0.4, 0.5) is 0 Å². The number of amides is 3. The zero-order chi connectivity index (χ0) is 23.7. The first-order chi connectivity index (χ1) is 15.2. The number of likely N-dealkylation sites (tertiary alicyclic amines) is 1. The maximum atomic E-state index is 12.5. The largest absolute Gasteiger partial charge is 0.481 e. The predicted molar refractivity (Wildman–Crippen MR) is 112 cm³/mol. The van der Waals surface area contributed by atoms with Crippen molar-refractivity contribution in [3.63, 3.8) is 0 Å². The molecule has 6 N–H and O–H groups in total. The molecule has 0 aliphatic carbocycles. The molecule has 174 valence electrons. The fraction of sp³-hybridized carbons (Fsp3) is 0.476. The molecule has 1 aromatic rings. The molecule has 3 amide bonds. The van der Waals surface area contributed by atoms with Crippen LogP contribution < -0.4 is 16.4 Å². The molecule has 0 spiro atoms. The van der Waals surface area contributed by atoms with Gasteiger partial charge in [-0.3, -0.25) is 19.2 Å². The Bertz CT molecular complexity index is 846. The highest BCUT2D eigenvalue weighted by atomic mass is 16.4. The van der Waals surface area contributed by atoms with Gasteiger partial charge in [0.15, 0.2) is 0 Å². The molecule has 1 fully saturated rings. The highest BCUT2D eigenvalue weighted by Gasteiger charge is 2.36. The minimum absolute atomic E-state index is 0.0423. The summed E-state index contributed by atoms with van der Waals surface area (Å²) >= 11 is 0. The molecule has 1 heterocycles. The van der Waals surface area contributed by atoms with Crippen molar-refractivity contribution in [2.75, 3.05) is 13.1 Å². The van der Waals surface area contributed by atoms with E-state index in [1.807, 2.05) is 0 Å². The van der Waals surface area contributed by atoms with E-state index in [0.717, 1.165) is 5.56 Å². The van der Waals surface area contributed by atoms with Gasteiger partial charge in [0.1, 0.15) is 12.1 Å². The Morgan fingerprint density at radius 2 is 1.81 bits per heavy atom. The van der Waals surface area contributed by atoms with Crippen LogP contribution in [0, 0.1) is 0 Å². The van der Waals surface area contributed by atoms with E-state index in [0.29, 0.717) is 19.4 Å². The number of carbonyl (C=O) groups excluding carboxylic acids is 3. The monoisotopic (exact) mass is 448 g/mol. The zero-order valence-electron chi connectivity index (χ0n) is 17.5. The lowest BCUT2D eigenvalue weighted by atomic mass is 10.1. The maximum Gasteiger partial charge on any atom is 0.326 e. The Balaban J connectivity index is 1.87. The Labute approximate surface area is 184 Å². The number of hydrogen-bond donors (Lipinski definition) is 5. The highest BCUT2D eigenvalue weighted by Crippen LogP contribution is 2.19. The predicted octanol–water partition coefficient (Wildman–Crippen LogP) is -0.902. The summed E-state index contributed by atoms with van der Waals surface area (Å²) in [6, 6.07) is 5.81. The minimum atomic E-state index is -1.20. The van der Waals surface area contributed by atoms with E-state index in [-0.39, 0.29) is 19.3 Å². The summed E-state index contributed by atoms with van der Waals surface area (Å²) in [5.41, 5.74) is 6.51. The van der Waals surface area contributed by atoms with Gasteiger partial charge in [0.05, 0.1) is 12.6 Å². The second-order valence-corrected chi connectivity index (χ2v) is 7.59. The molecule has 2 rings (SSSR count). The zero-order valence-corrected chi connectivity index (χ0v) is 17.5. The standard InChI is InChI=1S/C21H28N4O7/c22-14(8-9-18(27)28)20(30)25-10-4-7-16(25)19(29)23-12-17(26)24-15(21(31)32)11-13-5-2-1-3-6-13/h1-3,5-6,14-16H,4,7-12,22H2,(H,23,29)(H,24,26)(H,27,28)(H,31,32)/t14-,15-,16-/m0/s1. The summed E-state index contributed by atoms with van der Waals surface area (Å²) in [6.45, 7) is -0.136. The van der Waals surface area contributed by atoms with Crippen LogP contribution in [-0.4, -0.2) is 76.0 Å². The number of hydrogen-bond acceptors (Lipinski definition) is 6. The van der Waals surface area contributed by atoms with Gasteiger partial charge in [-0.25, -0.2) is 4.79 Å². The first-order valence-electron chi connectivity index (χ1n) is 10.3. The summed E-state index contributed by atoms with van der Waals surface area (Å²) in [5.74, 6) is -4.00. The van der Waals surface area contributed by atoms with Crippen molar-refractivity contribution in [1.82, 2.24) is 15.5 Å². The van der Waals surface area contributed by atoms with Gasteiger partial charge < -0.3 is 31.5 Å². The number of aliphatic carboxylic acids is 2. The summed E-state index contributed by atoms with van der Waals surface area (Å²) in [4.78, 5) is 60.7. The molecule has 1 saturated heterocycles. The third-order valence-electron chi connectivity index (χ3n) is 5.16. The van der Waals surface area contributed by atoms with Crippen LogP contribution in [0.1, 0.15) is 31.2 Å². The van der Waals surface area contributed by atoms with Gasteiger partial charge in [-0.05, 0) is 24.8 Å². The fourth-order valence-electron chi connectivity index (χ4n) is 3.50. The molecule has 0 unspecified atom stereocenters. The van der Waals surface area contributed by atoms with Gasteiger partial charge in [0, 0.05) is 19.4 Å². The summed E-state index contributed by atoms with van der Waals surface area (Å²) in [6.07, 6.45) is 0.746. The Morgan fingerprint density at radius 1 is 1.12 bits per heavy atom. The third-order valence-corrected chi connectivity index (χ3v) is 5.16. The van der Waals surface area contributed by atoms with E-state index in [9.17, 15) is 29.1 Å². The van der Waals surface area contributed by atoms with E-state index in [4.69, 9.17) is 10.8 Å². The van der Waals surface area contributed by atoms with Crippen LogP contribution in [0.25, 0.3) is 0 Å². The van der Waals surface area contributed by atoms with Crippen LogP contribution in [-0.2, 0) is 30.4 Å². The van der Waals surface area contributed by atoms with Gasteiger partial charge in [0.25, 0.3) is 0 Å². The molecule has 11 heteroatoms. The van der Waals surface area contributed by atoms with Crippen molar-refractivity contribution >= 4 is 29.7 Å². The third kappa shape index (κ3) is 7.34. The molecule has 0 radical (unpaired) electrons. The molecule has 1 aromatic carbocycles. The molecule has 1 aliphatic heterocycles. The van der Waals surface area contributed by atoms with Crippen LogP contribution in [0.3, 0.4) is 0 Å². The molecular formula is C21H28N4O7. The van der Waals surface area contributed by atoms with Crippen LogP contribution in [0.5, 0.6) is 0 Å². The van der Waals surface area contributed by atoms with Crippen LogP contribution >= 0.6 is 0 Å². The van der Waals surface area contributed by atoms with E-state index in [1.165, 1.54) is 4.90 Å². The Hall–Kier alpha value is -3.47. The fourth-order valence-corrected chi connectivity index (χ4v) is 3.50. The topological polar surface area (TPSA) is 179 Å². The molecule has 3 atom stereocenters. The summed E-state index contributed by atoms with van der Waals surface area (Å²) in [7, 11) is 0. The Morgan fingerprint density at radius 3 is 2.44 bits per heavy atom. The van der Waals surface area contributed by atoms with Gasteiger partial charge in [0.2, 0.25) is 17.7 Å². The molecule has 0 bridgehead atoms. The smallest absolute Gasteiger partial charge is 0.326 e.